The minimum atomic E-state index is -0.553. The van der Waals surface area contributed by atoms with Gasteiger partial charge < -0.3 is 4.84 Å². The highest BCUT2D eigenvalue weighted by Crippen LogP contribution is 2.12. The Kier molecular flexibility index (Phi) is 4.60. The summed E-state index contributed by atoms with van der Waals surface area (Å²) in [7, 11) is 0. The van der Waals surface area contributed by atoms with Gasteiger partial charge in [0.2, 0.25) is 0 Å². The molecule has 1 aromatic carbocycles. The van der Waals surface area contributed by atoms with Gasteiger partial charge in [0, 0.05) is 5.56 Å². The van der Waals surface area contributed by atoms with Crippen LogP contribution in [-0.4, -0.2) is 11.8 Å². The van der Waals surface area contributed by atoms with Crippen molar-refractivity contribution >= 4 is 11.8 Å². The van der Waals surface area contributed by atoms with E-state index in [-0.39, 0.29) is 18.6 Å². The number of aryl methyl sites for hydroxylation is 1. The number of rotatable bonds is 5. The first-order valence-corrected chi connectivity index (χ1v) is 5.23. The van der Waals surface area contributed by atoms with E-state index in [1.807, 2.05) is 19.1 Å². The molecular formula is C13H15NO3. The fraction of sp³-hybridized carbons (Fsp3) is 0.231. The van der Waals surface area contributed by atoms with Crippen LogP contribution in [0, 0.1) is 6.92 Å². The van der Waals surface area contributed by atoms with Crippen LogP contribution in [-0.2, 0) is 9.63 Å². The van der Waals surface area contributed by atoms with Crippen LogP contribution in [0.5, 0.6) is 0 Å². The molecule has 0 aliphatic carbocycles. The highest BCUT2D eigenvalue weighted by atomic mass is 16.7. The Labute approximate surface area is 100 Å². The van der Waals surface area contributed by atoms with Gasteiger partial charge in [0.15, 0.2) is 5.78 Å². The molecule has 0 heterocycles. The second-order valence-corrected chi connectivity index (χ2v) is 3.79. The van der Waals surface area contributed by atoms with Gasteiger partial charge in [-0.3, -0.25) is 9.59 Å². The molecule has 4 heteroatoms. The summed E-state index contributed by atoms with van der Waals surface area (Å²) in [6.45, 7) is 5.61. The van der Waals surface area contributed by atoms with Gasteiger partial charge in [0.1, 0.15) is 0 Å². The molecule has 0 amide bonds. The Morgan fingerprint density at radius 2 is 1.82 bits per heavy atom. The summed E-state index contributed by atoms with van der Waals surface area (Å²) in [5, 5.41) is 0. The maximum absolute atomic E-state index is 11.9. The van der Waals surface area contributed by atoms with E-state index >= 15 is 0 Å². The van der Waals surface area contributed by atoms with E-state index in [1.165, 1.54) is 0 Å². The number of hydrogen-bond acceptors (Lipinski definition) is 4. The van der Waals surface area contributed by atoms with Gasteiger partial charge in [0.05, 0.1) is 6.42 Å². The van der Waals surface area contributed by atoms with Gasteiger partial charge in [-0.05, 0) is 18.9 Å². The third-order valence-corrected chi connectivity index (χ3v) is 2.40. The van der Waals surface area contributed by atoms with Crippen molar-refractivity contribution in [3.63, 3.8) is 0 Å². The van der Waals surface area contributed by atoms with Crippen LogP contribution in [0.15, 0.2) is 36.4 Å². The van der Waals surface area contributed by atoms with Crippen LogP contribution >= 0.6 is 0 Å². The molecule has 0 aromatic heterocycles. The number of allylic oxidation sites excluding steroid dienone is 1. The molecular weight excluding hydrogens is 218 g/mol. The highest BCUT2D eigenvalue weighted by Gasteiger charge is 2.11. The lowest BCUT2D eigenvalue weighted by Gasteiger charge is -2.04. The third-order valence-electron chi connectivity index (χ3n) is 2.40. The third kappa shape index (κ3) is 3.85. The molecule has 2 N–H and O–H groups in total. The summed E-state index contributed by atoms with van der Waals surface area (Å²) < 4.78 is 0. The number of benzene rings is 1. The largest absolute Gasteiger partial charge is 0.373 e. The molecule has 0 unspecified atom stereocenters. The summed E-state index contributed by atoms with van der Waals surface area (Å²) in [4.78, 5) is 26.7. The van der Waals surface area contributed by atoms with Crippen molar-refractivity contribution < 1.29 is 14.4 Å². The lowest BCUT2D eigenvalue weighted by Crippen LogP contribution is -2.11. The molecule has 0 radical (unpaired) electrons. The molecule has 17 heavy (non-hydrogen) atoms. The van der Waals surface area contributed by atoms with Gasteiger partial charge in [-0.15, -0.1) is 0 Å². The predicted octanol–water partition coefficient (Wildman–Crippen LogP) is 1.93. The van der Waals surface area contributed by atoms with Crippen LogP contribution in [0.3, 0.4) is 0 Å². The fourth-order valence-electron chi connectivity index (χ4n) is 1.33. The lowest BCUT2D eigenvalue weighted by molar-refractivity contribution is -0.144. The molecule has 0 atom stereocenters. The van der Waals surface area contributed by atoms with Crippen LogP contribution in [0.4, 0.5) is 0 Å². The topological polar surface area (TPSA) is 69.4 Å². The van der Waals surface area contributed by atoms with E-state index in [0.717, 1.165) is 5.56 Å². The highest BCUT2D eigenvalue weighted by molar-refractivity contribution is 6.08. The zero-order valence-corrected chi connectivity index (χ0v) is 9.73. The van der Waals surface area contributed by atoms with Gasteiger partial charge in [-0.25, -0.2) is 0 Å². The average Bonchev–Trinajstić information content (AvgIpc) is 2.35. The van der Waals surface area contributed by atoms with Crippen molar-refractivity contribution in [3.8, 4) is 0 Å². The fourth-order valence-corrected chi connectivity index (χ4v) is 1.33. The number of ketones is 1. The molecule has 0 aliphatic heterocycles. The van der Waals surface area contributed by atoms with Crippen LogP contribution < -0.4 is 5.90 Å². The van der Waals surface area contributed by atoms with Crippen LogP contribution in [0.25, 0.3) is 0 Å². The summed E-state index contributed by atoms with van der Waals surface area (Å²) in [5.74, 6) is 3.99. The first kappa shape index (κ1) is 13.1. The molecule has 0 saturated carbocycles. The second-order valence-electron chi connectivity index (χ2n) is 3.79. The zero-order chi connectivity index (χ0) is 12.8. The van der Waals surface area contributed by atoms with Crippen molar-refractivity contribution in [2.75, 3.05) is 0 Å². The van der Waals surface area contributed by atoms with Gasteiger partial charge in [-0.1, -0.05) is 36.4 Å². The Bertz CT molecular complexity index is 434. The van der Waals surface area contributed by atoms with Crippen molar-refractivity contribution in [1.82, 2.24) is 0 Å². The zero-order valence-electron chi connectivity index (χ0n) is 9.73. The molecule has 0 spiro atoms. The van der Waals surface area contributed by atoms with E-state index in [1.54, 1.807) is 12.1 Å². The number of carbonyl (C=O) groups is 2. The maximum Gasteiger partial charge on any atom is 0.324 e. The first-order chi connectivity index (χ1) is 8.04. The number of carbonyl (C=O) groups excluding carboxylic acids is 2. The van der Waals surface area contributed by atoms with Gasteiger partial charge >= 0.3 is 5.97 Å². The minimum Gasteiger partial charge on any atom is -0.373 e. The Hall–Kier alpha value is -1.94. The SMILES string of the molecule is C=C(CCC(=O)ON)C(=O)c1ccc(C)cc1. The van der Waals surface area contributed by atoms with Gasteiger partial charge in [0.25, 0.3) is 0 Å². The molecule has 0 aliphatic rings. The second kappa shape index (κ2) is 5.96. The standard InChI is InChI=1S/C13H15NO3/c1-9-3-6-11(7-4-9)13(16)10(2)5-8-12(15)17-14/h3-4,6-7H,2,5,8,14H2,1H3. The van der Waals surface area contributed by atoms with E-state index in [2.05, 4.69) is 11.4 Å². The average molecular weight is 233 g/mol. The van der Waals surface area contributed by atoms with Crippen LogP contribution in [0.2, 0.25) is 0 Å². The summed E-state index contributed by atoms with van der Waals surface area (Å²) in [5.41, 5.74) is 2.03. The van der Waals surface area contributed by atoms with E-state index in [9.17, 15) is 9.59 Å². The normalized spacial score (nSPS) is 9.76. The molecule has 0 bridgehead atoms. The molecule has 1 aromatic rings. The van der Waals surface area contributed by atoms with E-state index in [0.29, 0.717) is 11.1 Å². The number of nitrogens with two attached hydrogens (primary N) is 1. The molecule has 90 valence electrons. The quantitative estimate of drug-likeness (QED) is 0.479. The monoisotopic (exact) mass is 233 g/mol. The van der Waals surface area contributed by atoms with Crippen molar-refractivity contribution in [1.29, 1.82) is 0 Å². The molecule has 0 saturated heterocycles. The summed E-state index contributed by atoms with van der Waals surface area (Å²) in [6, 6.07) is 7.19. The summed E-state index contributed by atoms with van der Waals surface area (Å²) >= 11 is 0. The first-order valence-electron chi connectivity index (χ1n) is 5.23. The number of hydrogen-bond donors (Lipinski definition) is 1. The Morgan fingerprint density at radius 3 is 2.35 bits per heavy atom. The Morgan fingerprint density at radius 1 is 1.24 bits per heavy atom. The molecule has 4 nitrogen and oxygen atoms in total. The van der Waals surface area contributed by atoms with Crippen molar-refractivity contribution in [2.24, 2.45) is 5.90 Å². The Balaban J connectivity index is 2.61. The van der Waals surface area contributed by atoms with E-state index in [4.69, 9.17) is 5.90 Å². The minimum absolute atomic E-state index is 0.0624. The molecule has 0 fully saturated rings. The van der Waals surface area contributed by atoms with Crippen LogP contribution in [0.1, 0.15) is 28.8 Å². The van der Waals surface area contributed by atoms with Gasteiger partial charge in [-0.2, -0.15) is 5.90 Å². The van der Waals surface area contributed by atoms with Crippen molar-refractivity contribution in [3.05, 3.63) is 47.5 Å². The van der Waals surface area contributed by atoms with Crippen molar-refractivity contribution in [2.45, 2.75) is 19.8 Å². The molecule has 1 rings (SSSR count). The maximum atomic E-state index is 11.9. The number of Topliss-reactive ketones (excluding diaryl/α,β-unsaturated/α-hetero) is 1. The predicted molar refractivity (Wildman–Crippen MR) is 64.2 cm³/mol. The smallest absolute Gasteiger partial charge is 0.324 e. The van der Waals surface area contributed by atoms with E-state index < -0.39 is 5.97 Å². The summed E-state index contributed by atoms with van der Waals surface area (Å²) in [6.07, 6.45) is 0.315. The lowest BCUT2D eigenvalue weighted by atomic mass is 10.0.